The summed E-state index contributed by atoms with van der Waals surface area (Å²) in [6.07, 6.45) is 45.9. The molecule has 0 aromatic rings. The monoisotopic (exact) mass is 1350 g/mol. The van der Waals surface area contributed by atoms with Gasteiger partial charge in [0.25, 0.3) is 0 Å². The van der Waals surface area contributed by atoms with Crippen molar-refractivity contribution in [1.82, 2.24) is 0 Å². The molecule has 0 saturated carbocycles. The second-order valence-corrected chi connectivity index (χ2v) is 31.1. The van der Waals surface area contributed by atoms with E-state index in [1.54, 1.807) is 0 Å². The number of aliphatic hydroxyl groups is 1. The van der Waals surface area contributed by atoms with Gasteiger partial charge in [-0.25, -0.2) is 9.13 Å². The molecule has 0 radical (unpaired) electrons. The van der Waals surface area contributed by atoms with Gasteiger partial charge in [0.1, 0.15) is 19.3 Å². The molecule has 0 aromatic carbocycles. The van der Waals surface area contributed by atoms with E-state index in [0.29, 0.717) is 31.6 Å². The van der Waals surface area contributed by atoms with E-state index in [4.69, 9.17) is 37.0 Å². The fraction of sp³-hybridized carbons (Fsp3) is 0.945. The summed E-state index contributed by atoms with van der Waals surface area (Å²) in [7, 11) is -9.91. The molecule has 2 unspecified atom stereocenters. The Morgan fingerprint density at radius 2 is 0.457 bits per heavy atom. The van der Waals surface area contributed by atoms with Crippen LogP contribution in [-0.4, -0.2) is 96.7 Å². The molecule has 0 aliphatic rings. The maximum atomic E-state index is 13.0. The van der Waals surface area contributed by atoms with Crippen molar-refractivity contribution in [2.45, 2.75) is 382 Å². The van der Waals surface area contributed by atoms with Crippen LogP contribution in [0.4, 0.5) is 0 Å². The molecule has 0 saturated heterocycles. The quantitative estimate of drug-likeness (QED) is 0.0222. The second-order valence-electron chi connectivity index (χ2n) is 28.2. The molecule has 0 fully saturated rings. The third kappa shape index (κ3) is 66.7. The number of hydrogen-bond acceptors (Lipinski definition) is 15. The minimum atomic E-state index is -4.95. The summed E-state index contributed by atoms with van der Waals surface area (Å²) in [5, 5.41) is 10.6. The number of esters is 4. The van der Waals surface area contributed by atoms with Gasteiger partial charge in [-0.15, -0.1) is 0 Å². The summed E-state index contributed by atoms with van der Waals surface area (Å²) in [5.41, 5.74) is 0. The molecule has 0 aliphatic carbocycles. The lowest BCUT2D eigenvalue weighted by Crippen LogP contribution is -2.30. The summed E-state index contributed by atoms with van der Waals surface area (Å²) >= 11 is 0. The van der Waals surface area contributed by atoms with Crippen molar-refractivity contribution in [2.24, 2.45) is 23.7 Å². The van der Waals surface area contributed by atoms with E-state index in [-0.39, 0.29) is 25.7 Å². The van der Waals surface area contributed by atoms with E-state index >= 15 is 0 Å². The van der Waals surface area contributed by atoms with Crippen LogP contribution in [0.3, 0.4) is 0 Å². The molecule has 0 aliphatic heterocycles. The number of carbonyl (C=O) groups excluding carboxylic acids is 4. The molecular formula is C73H142O17P2. The topological polar surface area (TPSA) is 237 Å². The van der Waals surface area contributed by atoms with Gasteiger partial charge >= 0.3 is 39.5 Å². The molecule has 5 atom stereocenters. The third-order valence-corrected chi connectivity index (χ3v) is 18.7. The van der Waals surface area contributed by atoms with E-state index in [0.717, 1.165) is 114 Å². The number of phosphoric ester groups is 2. The highest BCUT2D eigenvalue weighted by Crippen LogP contribution is 2.45. The Kier molecular flexibility index (Phi) is 61.3. The Morgan fingerprint density at radius 1 is 0.272 bits per heavy atom. The molecular weight excluding hydrogens is 1210 g/mol. The maximum Gasteiger partial charge on any atom is 0.472 e. The molecule has 0 bridgehead atoms. The molecule has 17 nitrogen and oxygen atoms in total. The molecule has 92 heavy (non-hydrogen) atoms. The van der Waals surface area contributed by atoms with Gasteiger partial charge in [0, 0.05) is 25.7 Å². The molecule has 0 heterocycles. The van der Waals surface area contributed by atoms with Crippen LogP contribution in [0, 0.1) is 23.7 Å². The average molecular weight is 1350 g/mol. The van der Waals surface area contributed by atoms with Crippen molar-refractivity contribution in [1.29, 1.82) is 0 Å². The van der Waals surface area contributed by atoms with Crippen molar-refractivity contribution in [3.63, 3.8) is 0 Å². The van der Waals surface area contributed by atoms with Crippen LogP contribution in [0.15, 0.2) is 0 Å². The number of hydrogen-bond donors (Lipinski definition) is 3. The Labute approximate surface area is 562 Å². The molecule has 546 valence electrons. The van der Waals surface area contributed by atoms with E-state index in [2.05, 4.69) is 55.4 Å². The molecule has 0 aromatic heterocycles. The SMILES string of the molecule is CC(C)CCCCCCCCCCCCCCC(=O)OC[C@H](COP(=O)(O)OC[C@@H](O)COP(=O)(O)OC[C@@H](COC(=O)CCCCCCCCC(C)C)OC(=O)CCCCCCCCCCCCCCC(C)C)OC(=O)CCCCCCCCCCCCC(C)C. The first-order valence-corrected chi connectivity index (χ1v) is 40.7. The van der Waals surface area contributed by atoms with E-state index in [1.807, 2.05) is 0 Å². The number of carbonyl (C=O) groups is 4. The second kappa shape index (κ2) is 62.6. The predicted octanol–water partition coefficient (Wildman–Crippen LogP) is 20.9. The summed E-state index contributed by atoms with van der Waals surface area (Å²) in [5.74, 6) is 0.864. The first-order chi connectivity index (χ1) is 44.1. The molecule has 0 amide bonds. The summed E-state index contributed by atoms with van der Waals surface area (Å²) in [4.78, 5) is 72.7. The van der Waals surface area contributed by atoms with Crippen molar-refractivity contribution in [3.05, 3.63) is 0 Å². The fourth-order valence-corrected chi connectivity index (χ4v) is 12.6. The zero-order chi connectivity index (χ0) is 68.2. The summed E-state index contributed by atoms with van der Waals surface area (Å²) in [6.45, 7) is 14.1. The lowest BCUT2D eigenvalue weighted by Gasteiger charge is -2.21. The third-order valence-electron chi connectivity index (χ3n) is 16.8. The first-order valence-electron chi connectivity index (χ1n) is 37.7. The number of aliphatic hydroxyl groups excluding tert-OH is 1. The number of ether oxygens (including phenoxy) is 4. The van der Waals surface area contributed by atoms with Gasteiger partial charge in [-0.05, 0) is 49.4 Å². The Balaban J connectivity index is 5.24. The van der Waals surface area contributed by atoms with Crippen LogP contribution < -0.4 is 0 Å². The predicted molar refractivity (Wildman–Crippen MR) is 372 cm³/mol. The Bertz CT molecular complexity index is 1820. The largest absolute Gasteiger partial charge is 0.472 e. The normalized spacial score (nSPS) is 14.2. The van der Waals surface area contributed by atoms with Gasteiger partial charge < -0.3 is 33.8 Å². The minimum absolute atomic E-state index is 0.105. The van der Waals surface area contributed by atoms with Crippen LogP contribution in [0.1, 0.15) is 364 Å². The highest BCUT2D eigenvalue weighted by atomic mass is 31.2. The number of rotatable bonds is 70. The van der Waals surface area contributed by atoms with Crippen molar-refractivity contribution >= 4 is 39.5 Å². The minimum Gasteiger partial charge on any atom is -0.462 e. The van der Waals surface area contributed by atoms with Gasteiger partial charge in [0.05, 0.1) is 26.4 Å². The van der Waals surface area contributed by atoms with Crippen LogP contribution in [0.5, 0.6) is 0 Å². The zero-order valence-corrected chi connectivity index (χ0v) is 62.0. The lowest BCUT2D eigenvalue weighted by atomic mass is 10.0. The lowest BCUT2D eigenvalue weighted by molar-refractivity contribution is -0.161. The van der Waals surface area contributed by atoms with Crippen molar-refractivity contribution in [3.8, 4) is 0 Å². The standard InChI is InChI=1S/C73H142O17P2/c1-63(2)49-41-33-25-19-13-9-11-15-22-28-37-45-53-70(75)83-59-68(89-73(78)56-48-40-30-24-18-17-21-27-35-43-51-65(5)6)61-87-91(79,80)85-57-67(74)58-86-92(81,82)88-62-69(60-84-71(76)54-46-38-32-31-36-44-52-66(7)8)90-72(77)55-47-39-29-23-16-12-10-14-20-26-34-42-50-64(3)4/h63-69,74H,9-62H2,1-8H3,(H,79,80)(H,81,82)/t67-,68-,69-/m1/s1. The van der Waals surface area contributed by atoms with Crippen LogP contribution in [0.25, 0.3) is 0 Å². The van der Waals surface area contributed by atoms with E-state index in [9.17, 15) is 43.2 Å². The van der Waals surface area contributed by atoms with Crippen LogP contribution in [-0.2, 0) is 65.4 Å². The summed E-state index contributed by atoms with van der Waals surface area (Å²) < 4.78 is 68.4. The van der Waals surface area contributed by atoms with Crippen LogP contribution in [0.2, 0.25) is 0 Å². The van der Waals surface area contributed by atoms with Gasteiger partial charge in [0.2, 0.25) is 0 Å². The van der Waals surface area contributed by atoms with E-state index < -0.39 is 97.5 Å². The number of unbranched alkanes of at least 4 members (excludes halogenated alkanes) is 36. The Morgan fingerprint density at radius 3 is 0.674 bits per heavy atom. The molecule has 19 heteroatoms. The zero-order valence-electron chi connectivity index (χ0n) is 60.2. The smallest absolute Gasteiger partial charge is 0.462 e. The van der Waals surface area contributed by atoms with Crippen molar-refractivity contribution in [2.75, 3.05) is 39.6 Å². The van der Waals surface area contributed by atoms with Gasteiger partial charge in [-0.1, -0.05) is 312 Å². The highest BCUT2D eigenvalue weighted by Gasteiger charge is 2.30. The molecule has 0 rings (SSSR count). The fourth-order valence-electron chi connectivity index (χ4n) is 11.0. The average Bonchev–Trinajstić information content (AvgIpc) is 3.67. The summed E-state index contributed by atoms with van der Waals surface area (Å²) in [6, 6.07) is 0. The van der Waals surface area contributed by atoms with Gasteiger partial charge in [-0.2, -0.15) is 0 Å². The first kappa shape index (κ1) is 90.1. The van der Waals surface area contributed by atoms with Gasteiger partial charge in [0.15, 0.2) is 12.2 Å². The van der Waals surface area contributed by atoms with Crippen molar-refractivity contribution < 1.29 is 80.2 Å². The Hall–Kier alpha value is -1.94. The number of phosphoric acid groups is 2. The van der Waals surface area contributed by atoms with Gasteiger partial charge in [-0.3, -0.25) is 37.3 Å². The van der Waals surface area contributed by atoms with E-state index in [1.165, 1.54) is 161 Å². The molecule has 3 N–H and O–H groups in total. The van der Waals surface area contributed by atoms with Crippen LogP contribution >= 0.6 is 15.6 Å². The molecule has 0 spiro atoms. The highest BCUT2D eigenvalue weighted by molar-refractivity contribution is 7.47. The maximum absolute atomic E-state index is 13.0.